The summed E-state index contributed by atoms with van der Waals surface area (Å²) >= 11 is 1.07. The standard InChI is InChI=1S/C16H23N3O4S/c1-9-6-4-5-7-11(9)18-12(20)8-24-14-13(15(21)23-3)10(2)17-16(22)19-14/h9,11H,4-8H2,1-3H3,(H,18,20)(H,17,19,22)/t9-,11+/m1/s1. The number of aryl methyl sites for hydroxylation is 1. The molecular formula is C16H23N3O4S. The quantitative estimate of drug-likeness (QED) is 0.474. The fourth-order valence-electron chi connectivity index (χ4n) is 2.92. The van der Waals surface area contributed by atoms with Gasteiger partial charge in [-0.3, -0.25) is 4.79 Å². The average Bonchev–Trinajstić information content (AvgIpc) is 2.54. The normalized spacial score (nSPS) is 20.5. The minimum Gasteiger partial charge on any atom is -0.465 e. The highest BCUT2D eigenvalue weighted by Crippen LogP contribution is 2.25. The summed E-state index contributed by atoms with van der Waals surface area (Å²) in [5.74, 6) is -0.129. The Labute approximate surface area is 145 Å². The van der Waals surface area contributed by atoms with Crippen LogP contribution in [0.3, 0.4) is 0 Å². The average molecular weight is 353 g/mol. The molecule has 2 rings (SSSR count). The maximum Gasteiger partial charge on any atom is 0.346 e. The smallest absolute Gasteiger partial charge is 0.346 e. The highest BCUT2D eigenvalue weighted by atomic mass is 32.2. The molecule has 0 aliphatic heterocycles. The van der Waals surface area contributed by atoms with Gasteiger partial charge in [-0.1, -0.05) is 31.5 Å². The van der Waals surface area contributed by atoms with Gasteiger partial charge >= 0.3 is 11.7 Å². The first-order valence-corrected chi connectivity index (χ1v) is 9.02. The van der Waals surface area contributed by atoms with Gasteiger partial charge in [-0.15, -0.1) is 0 Å². The third-order valence-electron chi connectivity index (χ3n) is 4.27. The SMILES string of the molecule is COC(=O)c1c(SCC(=O)N[C@H]2CCCC[C@H]2C)nc(=O)[nH]c1C. The van der Waals surface area contributed by atoms with E-state index in [1.807, 2.05) is 0 Å². The maximum atomic E-state index is 12.2. The molecule has 1 amide bonds. The largest absolute Gasteiger partial charge is 0.465 e. The van der Waals surface area contributed by atoms with Crippen LogP contribution in [0.25, 0.3) is 0 Å². The van der Waals surface area contributed by atoms with Crippen molar-refractivity contribution in [2.75, 3.05) is 12.9 Å². The predicted molar refractivity (Wildman–Crippen MR) is 91.2 cm³/mol. The first kappa shape index (κ1) is 18.5. The van der Waals surface area contributed by atoms with E-state index >= 15 is 0 Å². The van der Waals surface area contributed by atoms with Crippen molar-refractivity contribution in [2.24, 2.45) is 5.92 Å². The molecule has 0 saturated heterocycles. The number of thioether (sulfide) groups is 1. The summed E-state index contributed by atoms with van der Waals surface area (Å²) in [4.78, 5) is 41.9. The fraction of sp³-hybridized carbons (Fsp3) is 0.625. The molecule has 1 aromatic heterocycles. The van der Waals surface area contributed by atoms with Crippen molar-refractivity contribution in [1.29, 1.82) is 0 Å². The van der Waals surface area contributed by atoms with Crippen LogP contribution in [0.1, 0.15) is 48.7 Å². The van der Waals surface area contributed by atoms with Gasteiger partial charge in [0.25, 0.3) is 0 Å². The molecule has 132 valence electrons. The Bertz CT molecular complexity index is 674. The van der Waals surface area contributed by atoms with Crippen molar-refractivity contribution in [3.63, 3.8) is 0 Å². The van der Waals surface area contributed by atoms with E-state index in [1.165, 1.54) is 13.5 Å². The second-order valence-electron chi connectivity index (χ2n) is 6.06. The van der Waals surface area contributed by atoms with Crippen molar-refractivity contribution in [2.45, 2.75) is 50.6 Å². The Morgan fingerprint density at radius 2 is 2.08 bits per heavy atom. The minimum atomic E-state index is -0.583. The first-order chi connectivity index (χ1) is 11.4. The van der Waals surface area contributed by atoms with E-state index < -0.39 is 11.7 Å². The Hall–Kier alpha value is -1.83. The molecule has 1 aromatic rings. The van der Waals surface area contributed by atoms with Crippen molar-refractivity contribution in [1.82, 2.24) is 15.3 Å². The van der Waals surface area contributed by atoms with E-state index in [-0.39, 0.29) is 28.3 Å². The summed E-state index contributed by atoms with van der Waals surface area (Å²) in [5.41, 5.74) is 0.0237. The third-order valence-corrected chi connectivity index (χ3v) is 5.25. The number of nitrogens with one attached hydrogen (secondary N) is 2. The molecule has 1 aliphatic rings. The number of H-pyrrole nitrogens is 1. The summed E-state index contributed by atoms with van der Waals surface area (Å²) < 4.78 is 4.73. The molecule has 24 heavy (non-hydrogen) atoms. The van der Waals surface area contributed by atoms with Gasteiger partial charge in [0.2, 0.25) is 5.91 Å². The zero-order valence-corrected chi connectivity index (χ0v) is 15.0. The molecule has 7 nitrogen and oxygen atoms in total. The number of amides is 1. The van der Waals surface area contributed by atoms with Gasteiger partial charge in [0.05, 0.1) is 12.9 Å². The topological polar surface area (TPSA) is 101 Å². The molecule has 2 N–H and O–H groups in total. The van der Waals surface area contributed by atoms with Crippen LogP contribution in [0.2, 0.25) is 0 Å². The van der Waals surface area contributed by atoms with Crippen LogP contribution in [-0.4, -0.2) is 40.7 Å². The Balaban J connectivity index is 2.04. The molecule has 1 aliphatic carbocycles. The van der Waals surface area contributed by atoms with Gasteiger partial charge in [0.15, 0.2) is 0 Å². The summed E-state index contributed by atoms with van der Waals surface area (Å²) in [6.07, 6.45) is 4.46. The van der Waals surface area contributed by atoms with Gasteiger partial charge in [-0.2, -0.15) is 4.98 Å². The molecular weight excluding hydrogens is 330 g/mol. The summed E-state index contributed by atoms with van der Waals surface area (Å²) in [5, 5.41) is 3.26. The lowest BCUT2D eigenvalue weighted by Gasteiger charge is -2.29. The van der Waals surface area contributed by atoms with E-state index in [0.29, 0.717) is 11.6 Å². The number of carbonyl (C=O) groups is 2. The fourth-order valence-corrected chi connectivity index (χ4v) is 3.80. The van der Waals surface area contributed by atoms with Gasteiger partial charge < -0.3 is 15.0 Å². The van der Waals surface area contributed by atoms with Crippen molar-refractivity contribution < 1.29 is 14.3 Å². The molecule has 0 bridgehead atoms. The number of methoxy groups -OCH3 is 1. The van der Waals surface area contributed by atoms with Crippen LogP contribution in [0.15, 0.2) is 9.82 Å². The van der Waals surface area contributed by atoms with E-state index in [0.717, 1.165) is 31.0 Å². The second kappa shape index (κ2) is 8.32. The first-order valence-electron chi connectivity index (χ1n) is 8.03. The molecule has 0 spiro atoms. The van der Waals surface area contributed by atoms with Crippen molar-refractivity contribution in [3.05, 3.63) is 21.7 Å². The summed E-state index contributed by atoms with van der Waals surface area (Å²) in [7, 11) is 1.26. The van der Waals surface area contributed by atoms with E-state index in [4.69, 9.17) is 4.74 Å². The molecule has 0 unspecified atom stereocenters. The number of nitrogens with zero attached hydrogens (tertiary/aromatic N) is 1. The lowest BCUT2D eigenvalue weighted by Crippen LogP contribution is -2.41. The monoisotopic (exact) mass is 353 g/mol. The van der Waals surface area contributed by atoms with Gasteiger partial charge in [0.1, 0.15) is 10.6 Å². The van der Waals surface area contributed by atoms with Gasteiger partial charge in [0, 0.05) is 11.7 Å². The molecule has 1 fully saturated rings. The van der Waals surface area contributed by atoms with Crippen LogP contribution in [0.5, 0.6) is 0 Å². The number of esters is 1. The number of aromatic amines is 1. The summed E-state index contributed by atoms with van der Waals surface area (Å²) in [6.45, 7) is 3.75. The molecule has 0 radical (unpaired) electrons. The molecule has 1 saturated carbocycles. The predicted octanol–water partition coefficient (Wildman–Crippen LogP) is 1.65. The zero-order chi connectivity index (χ0) is 17.7. The Morgan fingerprint density at radius 1 is 1.38 bits per heavy atom. The van der Waals surface area contributed by atoms with Crippen LogP contribution in [0, 0.1) is 12.8 Å². The van der Waals surface area contributed by atoms with Crippen molar-refractivity contribution in [3.8, 4) is 0 Å². The van der Waals surface area contributed by atoms with Crippen molar-refractivity contribution >= 4 is 23.6 Å². The lowest BCUT2D eigenvalue weighted by molar-refractivity contribution is -0.119. The molecule has 8 heteroatoms. The van der Waals surface area contributed by atoms with Crippen LogP contribution in [-0.2, 0) is 9.53 Å². The number of hydrogen-bond acceptors (Lipinski definition) is 6. The third kappa shape index (κ3) is 4.59. The highest BCUT2D eigenvalue weighted by Gasteiger charge is 2.24. The zero-order valence-electron chi connectivity index (χ0n) is 14.2. The second-order valence-corrected chi connectivity index (χ2v) is 7.03. The summed E-state index contributed by atoms with van der Waals surface area (Å²) in [6, 6.07) is 0.195. The van der Waals surface area contributed by atoms with Crippen LogP contribution < -0.4 is 11.0 Å². The number of rotatable bonds is 5. The molecule has 2 atom stereocenters. The Morgan fingerprint density at radius 3 is 2.75 bits per heavy atom. The molecule has 0 aromatic carbocycles. The van der Waals surface area contributed by atoms with Crippen LogP contribution in [0.4, 0.5) is 0 Å². The van der Waals surface area contributed by atoms with Gasteiger partial charge in [-0.25, -0.2) is 9.59 Å². The highest BCUT2D eigenvalue weighted by molar-refractivity contribution is 8.00. The van der Waals surface area contributed by atoms with Gasteiger partial charge in [-0.05, 0) is 25.7 Å². The number of ether oxygens (including phenoxy) is 1. The van der Waals surface area contributed by atoms with E-state index in [1.54, 1.807) is 6.92 Å². The Kier molecular flexibility index (Phi) is 6.42. The van der Waals surface area contributed by atoms with E-state index in [9.17, 15) is 14.4 Å². The lowest BCUT2D eigenvalue weighted by atomic mass is 9.86. The number of hydrogen-bond donors (Lipinski definition) is 2. The maximum absolute atomic E-state index is 12.2. The minimum absolute atomic E-state index is 0.100. The van der Waals surface area contributed by atoms with E-state index in [2.05, 4.69) is 22.2 Å². The van der Waals surface area contributed by atoms with Crippen LogP contribution >= 0.6 is 11.8 Å². The number of aromatic nitrogens is 2. The number of carbonyl (C=O) groups excluding carboxylic acids is 2. The molecule has 1 heterocycles.